The smallest absolute Gasteiger partial charge is 0.169 e. The van der Waals surface area contributed by atoms with Gasteiger partial charge >= 0.3 is 0 Å². The number of Topliss-reactive ketones (excluding diaryl/α,β-unsaturated/α-hetero) is 1. The summed E-state index contributed by atoms with van der Waals surface area (Å²) in [5.74, 6) is 1.82. The van der Waals surface area contributed by atoms with Gasteiger partial charge in [0.1, 0.15) is 0 Å². The second kappa shape index (κ2) is 4.48. The molecule has 0 amide bonds. The van der Waals surface area contributed by atoms with Crippen LogP contribution in [0.15, 0.2) is 12.1 Å². The lowest BCUT2D eigenvalue weighted by molar-refractivity contribution is 0.102. The van der Waals surface area contributed by atoms with Crippen LogP contribution in [-0.4, -0.2) is 5.78 Å². The first-order valence-electron chi connectivity index (χ1n) is 5.77. The maximum atomic E-state index is 11.2. The Labute approximate surface area is 95.5 Å². The zero-order valence-corrected chi connectivity index (χ0v) is 10.3. The van der Waals surface area contributed by atoms with Crippen molar-refractivity contribution in [2.45, 2.75) is 45.4 Å². The van der Waals surface area contributed by atoms with Crippen LogP contribution in [0.5, 0.6) is 0 Å². The van der Waals surface area contributed by atoms with E-state index in [1.807, 2.05) is 6.07 Å². The van der Waals surface area contributed by atoms with Crippen LogP contribution in [-0.2, 0) is 0 Å². The lowest BCUT2D eigenvalue weighted by atomic mass is 9.82. The van der Waals surface area contributed by atoms with Gasteiger partial charge in [-0.15, -0.1) is 11.3 Å². The molecule has 0 radical (unpaired) electrons. The van der Waals surface area contributed by atoms with E-state index in [-0.39, 0.29) is 5.78 Å². The van der Waals surface area contributed by atoms with Crippen molar-refractivity contribution >= 4 is 17.1 Å². The van der Waals surface area contributed by atoms with E-state index in [0.717, 1.165) is 16.7 Å². The Morgan fingerprint density at radius 1 is 1.27 bits per heavy atom. The van der Waals surface area contributed by atoms with E-state index in [1.165, 1.54) is 30.6 Å². The summed E-state index contributed by atoms with van der Waals surface area (Å²) in [5, 5.41) is 0. The third-order valence-electron chi connectivity index (χ3n) is 3.39. The molecular formula is C13H18OS. The average molecular weight is 222 g/mol. The fourth-order valence-corrected chi connectivity index (χ4v) is 3.38. The normalized spacial score (nSPS) is 26.5. The molecule has 0 N–H and O–H groups in total. The summed E-state index contributed by atoms with van der Waals surface area (Å²) in [6, 6.07) is 4.14. The Balaban J connectivity index is 2.06. The van der Waals surface area contributed by atoms with Crippen molar-refractivity contribution in [3.63, 3.8) is 0 Å². The maximum absolute atomic E-state index is 11.2. The number of carbonyl (C=O) groups excluding carboxylic acids is 1. The summed E-state index contributed by atoms with van der Waals surface area (Å²) in [5.41, 5.74) is 0. The Morgan fingerprint density at radius 3 is 2.47 bits per heavy atom. The molecule has 1 aliphatic carbocycles. The molecule has 1 aromatic heterocycles. The number of ketones is 1. The fourth-order valence-electron chi connectivity index (χ4n) is 2.31. The summed E-state index contributed by atoms with van der Waals surface area (Å²) in [7, 11) is 0. The van der Waals surface area contributed by atoms with Crippen molar-refractivity contribution in [1.82, 2.24) is 0 Å². The topological polar surface area (TPSA) is 17.1 Å². The Hall–Kier alpha value is -0.630. The molecule has 2 rings (SSSR count). The highest BCUT2D eigenvalue weighted by atomic mass is 32.1. The Bertz CT molecular complexity index is 345. The third kappa shape index (κ3) is 2.49. The van der Waals surface area contributed by atoms with E-state index >= 15 is 0 Å². The molecule has 1 nitrogen and oxygen atoms in total. The molecule has 0 atom stereocenters. The van der Waals surface area contributed by atoms with Gasteiger partial charge in [0.15, 0.2) is 5.78 Å². The summed E-state index contributed by atoms with van der Waals surface area (Å²) in [6.45, 7) is 3.99. The molecule has 0 saturated heterocycles. The first-order chi connectivity index (χ1) is 7.16. The monoisotopic (exact) mass is 222 g/mol. The van der Waals surface area contributed by atoms with Crippen LogP contribution in [0.1, 0.15) is 60.0 Å². The summed E-state index contributed by atoms with van der Waals surface area (Å²) < 4.78 is 0. The van der Waals surface area contributed by atoms with Crippen LogP contribution < -0.4 is 0 Å². The average Bonchev–Trinajstić information content (AvgIpc) is 2.68. The predicted octanol–water partition coefficient (Wildman–Crippen LogP) is 4.24. The minimum Gasteiger partial charge on any atom is -0.294 e. The SMILES string of the molecule is CC(=O)c1ccc(C2CCC(C)CC2)s1. The van der Waals surface area contributed by atoms with Crippen molar-refractivity contribution in [3.05, 3.63) is 21.9 Å². The van der Waals surface area contributed by atoms with Crippen LogP contribution in [0, 0.1) is 5.92 Å². The summed E-state index contributed by atoms with van der Waals surface area (Å²) in [6.07, 6.45) is 5.30. The van der Waals surface area contributed by atoms with Crippen LogP contribution >= 0.6 is 11.3 Å². The molecule has 1 saturated carbocycles. The molecule has 0 aromatic carbocycles. The molecule has 82 valence electrons. The van der Waals surface area contributed by atoms with E-state index in [9.17, 15) is 4.79 Å². The molecule has 15 heavy (non-hydrogen) atoms. The highest BCUT2D eigenvalue weighted by molar-refractivity contribution is 7.14. The van der Waals surface area contributed by atoms with Crippen molar-refractivity contribution in [2.24, 2.45) is 5.92 Å². The lowest BCUT2D eigenvalue weighted by Gasteiger charge is -2.25. The van der Waals surface area contributed by atoms with Crippen molar-refractivity contribution in [1.29, 1.82) is 0 Å². The number of carbonyl (C=O) groups is 1. The second-order valence-electron chi connectivity index (χ2n) is 4.71. The molecule has 1 aliphatic rings. The minimum absolute atomic E-state index is 0.204. The Morgan fingerprint density at radius 2 is 1.93 bits per heavy atom. The van der Waals surface area contributed by atoms with E-state index in [4.69, 9.17) is 0 Å². The van der Waals surface area contributed by atoms with Crippen LogP contribution in [0.25, 0.3) is 0 Å². The van der Waals surface area contributed by atoms with Crippen LogP contribution in [0.3, 0.4) is 0 Å². The minimum atomic E-state index is 0.204. The largest absolute Gasteiger partial charge is 0.294 e. The number of rotatable bonds is 2. The summed E-state index contributed by atoms with van der Waals surface area (Å²) >= 11 is 1.70. The van der Waals surface area contributed by atoms with Gasteiger partial charge in [0, 0.05) is 4.88 Å². The van der Waals surface area contributed by atoms with Gasteiger partial charge in [-0.05, 0) is 43.7 Å². The highest BCUT2D eigenvalue weighted by Gasteiger charge is 2.21. The van der Waals surface area contributed by atoms with E-state index in [2.05, 4.69) is 13.0 Å². The number of hydrogen-bond acceptors (Lipinski definition) is 2. The molecule has 0 unspecified atom stereocenters. The zero-order valence-electron chi connectivity index (χ0n) is 9.45. The van der Waals surface area contributed by atoms with Crippen molar-refractivity contribution in [3.8, 4) is 0 Å². The molecule has 1 fully saturated rings. The third-order valence-corrected chi connectivity index (χ3v) is 4.74. The molecule has 1 aromatic rings. The quantitative estimate of drug-likeness (QED) is 0.684. The van der Waals surface area contributed by atoms with Gasteiger partial charge in [0.05, 0.1) is 4.88 Å². The fraction of sp³-hybridized carbons (Fsp3) is 0.615. The van der Waals surface area contributed by atoms with Gasteiger partial charge in [0.25, 0.3) is 0 Å². The molecule has 0 aliphatic heterocycles. The van der Waals surface area contributed by atoms with Gasteiger partial charge < -0.3 is 0 Å². The predicted molar refractivity (Wildman–Crippen MR) is 64.7 cm³/mol. The highest BCUT2D eigenvalue weighted by Crippen LogP contribution is 2.38. The molecule has 0 bridgehead atoms. The lowest BCUT2D eigenvalue weighted by Crippen LogP contribution is -2.09. The zero-order chi connectivity index (χ0) is 10.8. The van der Waals surface area contributed by atoms with E-state index < -0.39 is 0 Å². The van der Waals surface area contributed by atoms with E-state index in [0.29, 0.717) is 0 Å². The maximum Gasteiger partial charge on any atom is 0.169 e. The molecule has 1 heterocycles. The molecular weight excluding hydrogens is 204 g/mol. The first-order valence-corrected chi connectivity index (χ1v) is 6.59. The summed E-state index contributed by atoms with van der Waals surface area (Å²) in [4.78, 5) is 13.5. The van der Waals surface area contributed by atoms with Crippen molar-refractivity contribution < 1.29 is 4.79 Å². The van der Waals surface area contributed by atoms with Crippen LogP contribution in [0.2, 0.25) is 0 Å². The first kappa shape index (κ1) is 10.9. The standard InChI is InChI=1S/C13H18OS/c1-9-3-5-11(6-4-9)13-8-7-12(15-13)10(2)14/h7-9,11H,3-6H2,1-2H3. The molecule has 2 heteroatoms. The van der Waals surface area contributed by atoms with Crippen molar-refractivity contribution in [2.75, 3.05) is 0 Å². The van der Waals surface area contributed by atoms with E-state index in [1.54, 1.807) is 18.3 Å². The number of hydrogen-bond donors (Lipinski definition) is 0. The second-order valence-corrected chi connectivity index (χ2v) is 5.83. The van der Waals surface area contributed by atoms with Gasteiger partial charge in [-0.2, -0.15) is 0 Å². The Kier molecular flexibility index (Phi) is 3.25. The van der Waals surface area contributed by atoms with Gasteiger partial charge in [-0.1, -0.05) is 19.8 Å². The van der Waals surface area contributed by atoms with Gasteiger partial charge in [-0.3, -0.25) is 4.79 Å². The van der Waals surface area contributed by atoms with Gasteiger partial charge in [-0.25, -0.2) is 0 Å². The van der Waals surface area contributed by atoms with Crippen LogP contribution in [0.4, 0.5) is 0 Å². The molecule has 0 spiro atoms. The number of thiophene rings is 1. The van der Waals surface area contributed by atoms with Gasteiger partial charge in [0.2, 0.25) is 0 Å².